The van der Waals surface area contributed by atoms with Gasteiger partial charge >= 0.3 is 0 Å². The lowest BCUT2D eigenvalue weighted by Crippen LogP contribution is -2.36. The highest BCUT2D eigenvalue weighted by molar-refractivity contribution is 5.53. The highest BCUT2D eigenvalue weighted by Crippen LogP contribution is 2.43. The molecule has 132 valence electrons. The minimum absolute atomic E-state index is 0.169. The van der Waals surface area contributed by atoms with Crippen molar-refractivity contribution < 1.29 is 18.9 Å². The van der Waals surface area contributed by atoms with Gasteiger partial charge in [0.1, 0.15) is 0 Å². The van der Waals surface area contributed by atoms with Gasteiger partial charge in [-0.2, -0.15) is 0 Å². The number of nitrogens with zero attached hydrogens (tertiary/aromatic N) is 1. The monoisotopic (exact) mass is 341 g/mol. The molecular weight excluding hydrogens is 318 g/mol. The van der Waals surface area contributed by atoms with Gasteiger partial charge in [0.15, 0.2) is 23.0 Å². The molecule has 2 aliphatic rings. The summed E-state index contributed by atoms with van der Waals surface area (Å²) in [5, 5.41) is 0. The Morgan fingerprint density at radius 1 is 1.04 bits per heavy atom. The van der Waals surface area contributed by atoms with Gasteiger partial charge in [-0.05, 0) is 53.9 Å². The molecule has 2 aromatic carbocycles. The zero-order valence-corrected chi connectivity index (χ0v) is 14.9. The normalized spacial score (nSPS) is 18.8. The third-order valence-corrected chi connectivity index (χ3v) is 5.09. The first-order chi connectivity index (χ1) is 12.2. The summed E-state index contributed by atoms with van der Waals surface area (Å²) >= 11 is 0. The van der Waals surface area contributed by atoms with Gasteiger partial charge in [0, 0.05) is 6.54 Å². The molecule has 0 saturated heterocycles. The first-order valence-electron chi connectivity index (χ1n) is 8.63. The molecule has 0 bridgehead atoms. The van der Waals surface area contributed by atoms with Crippen molar-refractivity contribution in [2.24, 2.45) is 0 Å². The second kappa shape index (κ2) is 6.48. The van der Waals surface area contributed by atoms with Crippen LogP contribution in [0.2, 0.25) is 0 Å². The molecule has 0 aliphatic carbocycles. The molecule has 25 heavy (non-hydrogen) atoms. The molecule has 1 atom stereocenters. The minimum Gasteiger partial charge on any atom is -0.493 e. The molecule has 5 heteroatoms. The summed E-state index contributed by atoms with van der Waals surface area (Å²) in [4.78, 5) is 2.48. The van der Waals surface area contributed by atoms with Gasteiger partial charge in [-0.3, -0.25) is 4.90 Å². The van der Waals surface area contributed by atoms with Crippen LogP contribution in [0, 0.1) is 0 Å². The molecular formula is C20H23NO4. The standard InChI is InChI=1S/C20H23NO4/c1-4-21-8-7-13-9-17(22-2)18(23-3)11-15(13)20(21)14-5-6-16-19(10-14)25-12-24-16/h5-6,9-11,20H,4,7-8,12H2,1-3H3. The zero-order chi connectivity index (χ0) is 17.4. The first-order valence-corrected chi connectivity index (χ1v) is 8.63. The van der Waals surface area contributed by atoms with Crippen molar-refractivity contribution in [1.29, 1.82) is 0 Å². The lowest BCUT2D eigenvalue weighted by Gasteiger charge is -2.37. The molecule has 2 aliphatic heterocycles. The van der Waals surface area contributed by atoms with E-state index in [4.69, 9.17) is 18.9 Å². The lowest BCUT2D eigenvalue weighted by molar-refractivity contribution is 0.173. The van der Waals surface area contributed by atoms with Crippen molar-refractivity contribution >= 4 is 0 Å². The van der Waals surface area contributed by atoms with Crippen LogP contribution in [0.15, 0.2) is 30.3 Å². The van der Waals surface area contributed by atoms with Crippen molar-refractivity contribution in [3.8, 4) is 23.0 Å². The van der Waals surface area contributed by atoms with Gasteiger partial charge in [0.2, 0.25) is 6.79 Å². The van der Waals surface area contributed by atoms with E-state index >= 15 is 0 Å². The Balaban J connectivity index is 1.83. The quantitative estimate of drug-likeness (QED) is 0.852. The summed E-state index contributed by atoms with van der Waals surface area (Å²) in [7, 11) is 3.36. The average Bonchev–Trinajstić information content (AvgIpc) is 3.13. The van der Waals surface area contributed by atoms with Crippen molar-refractivity contribution in [2.75, 3.05) is 34.1 Å². The van der Waals surface area contributed by atoms with Crippen LogP contribution in [-0.2, 0) is 6.42 Å². The fraction of sp³-hybridized carbons (Fsp3) is 0.400. The maximum atomic E-state index is 5.58. The topological polar surface area (TPSA) is 40.2 Å². The third kappa shape index (κ3) is 2.68. The van der Waals surface area contributed by atoms with E-state index in [1.54, 1.807) is 14.2 Å². The number of methoxy groups -OCH3 is 2. The van der Waals surface area contributed by atoms with Crippen LogP contribution < -0.4 is 18.9 Å². The van der Waals surface area contributed by atoms with Crippen molar-refractivity contribution in [3.05, 3.63) is 47.0 Å². The Labute approximate surface area is 148 Å². The maximum absolute atomic E-state index is 5.58. The third-order valence-electron chi connectivity index (χ3n) is 5.09. The Bertz CT molecular complexity index is 790. The molecule has 1 unspecified atom stereocenters. The molecule has 4 rings (SSSR count). The second-order valence-electron chi connectivity index (χ2n) is 6.30. The molecule has 5 nitrogen and oxygen atoms in total. The Hall–Kier alpha value is -2.40. The van der Waals surface area contributed by atoms with Gasteiger partial charge in [-0.15, -0.1) is 0 Å². The van der Waals surface area contributed by atoms with Crippen LogP contribution in [0.5, 0.6) is 23.0 Å². The molecule has 0 radical (unpaired) electrons. The van der Waals surface area contributed by atoms with Gasteiger partial charge < -0.3 is 18.9 Å². The Kier molecular flexibility index (Phi) is 4.17. The van der Waals surface area contributed by atoms with Crippen molar-refractivity contribution in [1.82, 2.24) is 4.90 Å². The highest BCUT2D eigenvalue weighted by atomic mass is 16.7. The molecule has 2 aromatic rings. The fourth-order valence-corrected chi connectivity index (χ4v) is 3.81. The van der Waals surface area contributed by atoms with Crippen LogP contribution in [0.1, 0.15) is 29.7 Å². The largest absolute Gasteiger partial charge is 0.493 e. The van der Waals surface area contributed by atoms with E-state index < -0.39 is 0 Å². The van der Waals surface area contributed by atoms with Crippen molar-refractivity contribution in [2.45, 2.75) is 19.4 Å². The van der Waals surface area contributed by atoms with Crippen LogP contribution >= 0.6 is 0 Å². The predicted molar refractivity (Wildman–Crippen MR) is 94.9 cm³/mol. The predicted octanol–water partition coefficient (Wildman–Crippen LogP) is 3.40. The van der Waals surface area contributed by atoms with E-state index in [9.17, 15) is 0 Å². The number of hydrogen-bond acceptors (Lipinski definition) is 5. The molecule has 0 saturated carbocycles. The summed E-state index contributed by atoms with van der Waals surface area (Å²) in [6.07, 6.45) is 1.00. The fourth-order valence-electron chi connectivity index (χ4n) is 3.81. The van der Waals surface area contributed by atoms with Gasteiger partial charge in [0.05, 0.1) is 20.3 Å². The molecule has 0 spiro atoms. The van der Waals surface area contributed by atoms with E-state index in [1.807, 2.05) is 6.07 Å². The molecule has 0 fully saturated rings. The van der Waals surface area contributed by atoms with Crippen LogP contribution in [0.3, 0.4) is 0 Å². The molecule has 0 amide bonds. The lowest BCUT2D eigenvalue weighted by atomic mass is 9.87. The number of likely N-dealkylation sites (N-methyl/N-ethyl adjacent to an activating group) is 1. The smallest absolute Gasteiger partial charge is 0.231 e. The summed E-state index contributed by atoms with van der Waals surface area (Å²) in [6.45, 7) is 4.49. The number of rotatable bonds is 4. The van der Waals surface area contributed by atoms with E-state index in [-0.39, 0.29) is 6.04 Å². The van der Waals surface area contributed by atoms with Crippen molar-refractivity contribution in [3.63, 3.8) is 0 Å². The van der Waals surface area contributed by atoms with Gasteiger partial charge in [-0.1, -0.05) is 13.0 Å². The van der Waals surface area contributed by atoms with E-state index in [2.05, 4.69) is 36.1 Å². The van der Waals surface area contributed by atoms with E-state index in [1.165, 1.54) is 16.7 Å². The molecule has 0 N–H and O–H groups in total. The van der Waals surface area contributed by atoms with Gasteiger partial charge in [-0.25, -0.2) is 0 Å². The number of ether oxygens (including phenoxy) is 4. The highest BCUT2D eigenvalue weighted by Gasteiger charge is 2.30. The minimum atomic E-state index is 0.169. The SMILES string of the molecule is CCN1CCc2cc(OC)c(OC)cc2C1c1ccc2c(c1)OCO2. The Morgan fingerprint density at radius 2 is 1.80 bits per heavy atom. The Morgan fingerprint density at radius 3 is 2.56 bits per heavy atom. The summed E-state index contributed by atoms with van der Waals surface area (Å²) < 4.78 is 22.1. The number of hydrogen-bond donors (Lipinski definition) is 0. The van der Waals surface area contributed by atoms with Crippen LogP contribution in [0.4, 0.5) is 0 Å². The summed E-state index contributed by atoms with van der Waals surface area (Å²) in [6, 6.07) is 10.6. The number of fused-ring (bicyclic) bond motifs is 2. The second-order valence-corrected chi connectivity index (χ2v) is 6.30. The molecule has 2 heterocycles. The van der Waals surface area contributed by atoms with Crippen LogP contribution in [-0.4, -0.2) is 39.0 Å². The summed E-state index contributed by atoms with van der Waals surface area (Å²) in [5.74, 6) is 3.19. The first kappa shape index (κ1) is 16.1. The van der Waals surface area contributed by atoms with E-state index in [0.717, 1.165) is 42.5 Å². The van der Waals surface area contributed by atoms with Crippen LogP contribution in [0.25, 0.3) is 0 Å². The molecule has 0 aromatic heterocycles. The summed E-state index contributed by atoms with van der Waals surface area (Å²) in [5.41, 5.74) is 3.79. The average molecular weight is 341 g/mol. The van der Waals surface area contributed by atoms with Gasteiger partial charge in [0.25, 0.3) is 0 Å². The maximum Gasteiger partial charge on any atom is 0.231 e. The zero-order valence-electron chi connectivity index (χ0n) is 14.9. The van der Waals surface area contributed by atoms with E-state index in [0.29, 0.717) is 6.79 Å². The number of benzene rings is 2.